The zero-order chi connectivity index (χ0) is 14.2. The van der Waals surface area contributed by atoms with Crippen molar-refractivity contribution in [3.8, 4) is 0 Å². The maximum absolute atomic E-state index is 5.08. The van der Waals surface area contributed by atoms with Crippen LogP contribution in [0.4, 0.5) is 0 Å². The van der Waals surface area contributed by atoms with Gasteiger partial charge in [0.15, 0.2) is 0 Å². The lowest BCUT2D eigenvalue weighted by molar-refractivity contribution is 0.224. The van der Waals surface area contributed by atoms with Gasteiger partial charge in [0.2, 0.25) is 0 Å². The molecule has 1 fully saturated rings. The summed E-state index contributed by atoms with van der Waals surface area (Å²) in [6, 6.07) is 0.522. The van der Waals surface area contributed by atoms with E-state index in [0.29, 0.717) is 11.5 Å². The first-order chi connectivity index (χ1) is 9.59. The van der Waals surface area contributed by atoms with Crippen LogP contribution < -0.4 is 5.32 Å². The summed E-state index contributed by atoms with van der Waals surface area (Å²) in [4.78, 5) is 6.65. The second-order valence-electron chi connectivity index (χ2n) is 7.30. The summed E-state index contributed by atoms with van der Waals surface area (Å²) >= 11 is 2.02. The first-order valence-electron chi connectivity index (χ1n) is 8.32. The van der Waals surface area contributed by atoms with Gasteiger partial charge in [-0.3, -0.25) is 0 Å². The predicted octanol–water partition coefficient (Wildman–Crippen LogP) is 4.81. The minimum atomic E-state index is 0.522. The molecule has 1 atom stereocenters. The average molecular weight is 292 g/mol. The van der Waals surface area contributed by atoms with Crippen molar-refractivity contribution in [2.45, 2.75) is 77.7 Å². The molecule has 1 aromatic rings. The van der Waals surface area contributed by atoms with Crippen LogP contribution in [0.25, 0.3) is 0 Å². The summed E-state index contributed by atoms with van der Waals surface area (Å²) in [5, 5.41) is 5.05. The van der Waals surface area contributed by atoms with Crippen molar-refractivity contribution in [3.05, 3.63) is 15.6 Å². The lowest BCUT2D eigenvalue weighted by Gasteiger charge is -2.33. The molecule has 1 heterocycles. The molecule has 1 aromatic heterocycles. The monoisotopic (exact) mass is 292 g/mol. The van der Waals surface area contributed by atoms with Crippen LogP contribution in [0, 0.1) is 5.41 Å². The van der Waals surface area contributed by atoms with Crippen LogP contribution in [0.1, 0.15) is 86.8 Å². The van der Waals surface area contributed by atoms with Gasteiger partial charge in [0.1, 0.15) is 0 Å². The number of aromatic nitrogens is 1. The minimum absolute atomic E-state index is 0.522. The van der Waals surface area contributed by atoms with E-state index in [-0.39, 0.29) is 0 Å². The van der Waals surface area contributed by atoms with Gasteiger partial charge in [0, 0.05) is 10.8 Å². The largest absolute Gasteiger partial charge is 0.309 e. The molecule has 2 aliphatic carbocycles. The Labute approximate surface area is 127 Å². The molecule has 0 aliphatic heterocycles. The maximum atomic E-state index is 5.08. The number of thiazole rings is 1. The van der Waals surface area contributed by atoms with Crippen LogP contribution in [0.15, 0.2) is 0 Å². The summed E-state index contributed by atoms with van der Waals surface area (Å²) in [6.07, 6.45) is 9.24. The first-order valence-corrected chi connectivity index (χ1v) is 9.13. The molecule has 0 radical (unpaired) electrons. The van der Waals surface area contributed by atoms with E-state index < -0.39 is 0 Å². The van der Waals surface area contributed by atoms with E-state index in [1.165, 1.54) is 55.6 Å². The van der Waals surface area contributed by atoms with Gasteiger partial charge in [-0.1, -0.05) is 20.8 Å². The van der Waals surface area contributed by atoms with Crippen molar-refractivity contribution in [2.24, 2.45) is 5.41 Å². The van der Waals surface area contributed by atoms with Gasteiger partial charge >= 0.3 is 0 Å². The quantitative estimate of drug-likeness (QED) is 0.864. The van der Waals surface area contributed by atoms with E-state index in [2.05, 4.69) is 26.1 Å². The standard InChI is InChI=1S/C17H28N2S/c1-4-18-13-6-5-7-14-15(13)19-16(20-14)12-8-10-17(2,3)11-9-12/h12-13,18H,4-11H2,1-3H3. The third-order valence-corrected chi connectivity index (χ3v) is 6.40. The molecule has 0 bridgehead atoms. The van der Waals surface area contributed by atoms with E-state index in [9.17, 15) is 0 Å². The van der Waals surface area contributed by atoms with Gasteiger partial charge < -0.3 is 5.32 Å². The summed E-state index contributed by atoms with van der Waals surface area (Å²) < 4.78 is 0. The zero-order valence-electron chi connectivity index (χ0n) is 13.2. The van der Waals surface area contributed by atoms with E-state index in [4.69, 9.17) is 4.98 Å². The third kappa shape index (κ3) is 2.94. The Morgan fingerprint density at radius 2 is 2.00 bits per heavy atom. The lowest BCUT2D eigenvalue weighted by Crippen LogP contribution is -2.24. The van der Waals surface area contributed by atoms with Crippen molar-refractivity contribution in [1.29, 1.82) is 0 Å². The highest BCUT2D eigenvalue weighted by Crippen LogP contribution is 2.45. The normalized spacial score (nSPS) is 26.4. The summed E-state index contributed by atoms with van der Waals surface area (Å²) in [5.74, 6) is 0.737. The highest BCUT2D eigenvalue weighted by molar-refractivity contribution is 7.11. The molecule has 3 heteroatoms. The predicted molar refractivity (Wildman–Crippen MR) is 86.5 cm³/mol. The van der Waals surface area contributed by atoms with Crippen LogP contribution in [0.5, 0.6) is 0 Å². The number of hydrogen-bond acceptors (Lipinski definition) is 3. The number of nitrogens with zero attached hydrogens (tertiary/aromatic N) is 1. The van der Waals surface area contributed by atoms with E-state index >= 15 is 0 Å². The fourth-order valence-electron chi connectivity index (χ4n) is 3.70. The maximum Gasteiger partial charge on any atom is 0.0962 e. The van der Waals surface area contributed by atoms with Gasteiger partial charge in [-0.2, -0.15) is 0 Å². The molecule has 1 unspecified atom stereocenters. The molecule has 0 aromatic carbocycles. The van der Waals surface area contributed by atoms with Crippen LogP contribution in [-0.2, 0) is 6.42 Å². The number of fused-ring (bicyclic) bond motifs is 1. The molecule has 1 N–H and O–H groups in total. The Kier molecular flexibility index (Phi) is 4.19. The summed E-state index contributed by atoms with van der Waals surface area (Å²) in [7, 11) is 0. The van der Waals surface area contributed by atoms with E-state index in [1.807, 2.05) is 11.3 Å². The van der Waals surface area contributed by atoms with Crippen molar-refractivity contribution in [2.75, 3.05) is 6.54 Å². The van der Waals surface area contributed by atoms with Gasteiger partial charge in [-0.25, -0.2) is 4.98 Å². The molecular formula is C17H28N2S. The second-order valence-corrected chi connectivity index (χ2v) is 8.42. The van der Waals surface area contributed by atoms with E-state index in [0.717, 1.165) is 12.5 Å². The Balaban J connectivity index is 1.76. The smallest absolute Gasteiger partial charge is 0.0962 e. The molecule has 1 saturated carbocycles. The van der Waals surface area contributed by atoms with Crippen molar-refractivity contribution >= 4 is 11.3 Å². The van der Waals surface area contributed by atoms with Gasteiger partial charge in [0.05, 0.1) is 16.7 Å². The third-order valence-electron chi connectivity index (χ3n) is 5.11. The Morgan fingerprint density at radius 3 is 2.70 bits per heavy atom. The van der Waals surface area contributed by atoms with Crippen LogP contribution in [0.3, 0.4) is 0 Å². The average Bonchev–Trinajstić information content (AvgIpc) is 2.84. The number of nitrogens with one attached hydrogen (secondary N) is 1. The van der Waals surface area contributed by atoms with Gasteiger partial charge in [0.25, 0.3) is 0 Å². The fraction of sp³-hybridized carbons (Fsp3) is 0.824. The van der Waals surface area contributed by atoms with Crippen LogP contribution in [0.2, 0.25) is 0 Å². The Hall–Kier alpha value is -0.410. The van der Waals surface area contributed by atoms with E-state index in [1.54, 1.807) is 4.88 Å². The zero-order valence-corrected chi connectivity index (χ0v) is 14.0. The summed E-state index contributed by atoms with van der Waals surface area (Å²) in [5.41, 5.74) is 1.95. The molecule has 2 nitrogen and oxygen atoms in total. The molecule has 20 heavy (non-hydrogen) atoms. The number of hydrogen-bond donors (Lipinski definition) is 1. The highest BCUT2D eigenvalue weighted by Gasteiger charge is 2.31. The Morgan fingerprint density at radius 1 is 1.25 bits per heavy atom. The van der Waals surface area contributed by atoms with Crippen LogP contribution in [-0.4, -0.2) is 11.5 Å². The number of aryl methyl sites for hydroxylation is 1. The molecule has 0 saturated heterocycles. The molecule has 112 valence electrons. The molecule has 2 aliphatic rings. The molecular weight excluding hydrogens is 264 g/mol. The Bertz CT molecular complexity index is 454. The lowest BCUT2D eigenvalue weighted by atomic mass is 9.73. The van der Waals surface area contributed by atoms with Crippen molar-refractivity contribution in [3.63, 3.8) is 0 Å². The van der Waals surface area contributed by atoms with Crippen LogP contribution >= 0.6 is 11.3 Å². The summed E-state index contributed by atoms with van der Waals surface area (Å²) in [6.45, 7) is 8.08. The van der Waals surface area contributed by atoms with Crippen molar-refractivity contribution < 1.29 is 0 Å². The minimum Gasteiger partial charge on any atom is -0.309 e. The SMILES string of the molecule is CCNC1CCCc2sc(C3CCC(C)(C)CC3)nc21. The molecule has 0 spiro atoms. The number of rotatable bonds is 3. The fourth-order valence-corrected chi connectivity index (χ4v) is 5.04. The second kappa shape index (κ2) is 5.76. The first kappa shape index (κ1) is 14.5. The van der Waals surface area contributed by atoms with Gasteiger partial charge in [-0.15, -0.1) is 11.3 Å². The van der Waals surface area contributed by atoms with Crippen molar-refractivity contribution in [1.82, 2.24) is 10.3 Å². The molecule has 0 amide bonds. The topological polar surface area (TPSA) is 24.9 Å². The highest BCUT2D eigenvalue weighted by atomic mass is 32.1. The van der Waals surface area contributed by atoms with Gasteiger partial charge in [-0.05, 0) is 56.9 Å². The molecule has 3 rings (SSSR count).